The highest BCUT2D eigenvalue weighted by Crippen LogP contribution is 2.24. The van der Waals surface area contributed by atoms with Crippen LogP contribution in [0.5, 0.6) is 5.75 Å². The minimum Gasteiger partial charge on any atom is -0.598 e. The summed E-state index contributed by atoms with van der Waals surface area (Å²) in [6.45, 7) is 8.78. The second-order valence-corrected chi connectivity index (χ2v) is 8.00. The van der Waals surface area contributed by atoms with Crippen LogP contribution in [-0.2, 0) is 11.4 Å². The van der Waals surface area contributed by atoms with E-state index in [0.717, 1.165) is 11.1 Å². The summed E-state index contributed by atoms with van der Waals surface area (Å²) in [5.41, 5.74) is 1.77. The molecular weight excluding hydrogens is 296 g/mol. The first kappa shape index (κ1) is 18.2. The smallest absolute Gasteiger partial charge is 0.272 e. The normalized spacial score (nSPS) is 15.1. The molecule has 21 heavy (non-hydrogen) atoms. The number of ether oxygens (including phenoxy) is 1. The molecule has 0 saturated carbocycles. The second kappa shape index (κ2) is 7.42. The highest BCUT2D eigenvalue weighted by molar-refractivity contribution is 7.90. The van der Waals surface area contributed by atoms with Crippen LogP contribution in [0.25, 0.3) is 0 Å². The summed E-state index contributed by atoms with van der Waals surface area (Å²) in [6, 6.07) is 5.16. The largest absolute Gasteiger partial charge is 0.598 e. The Morgan fingerprint density at radius 2 is 1.90 bits per heavy atom. The maximum absolute atomic E-state index is 12.2. The van der Waals surface area contributed by atoms with Gasteiger partial charge in [-0.05, 0) is 57.9 Å². The Kier molecular flexibility index (Phi) is 6.43. The van der Waals surface area contributed by atoms with Crippen molar-refractivity contribution < 1.29 is 18.1 Å². The fraction of sp³-hybridized carbons (Fsp3) is 0.600. The van der Waals surface area contributed by atoms with Gasteiger partial charge in [-0.3, -0.25) is 0 Å². The number of hydrogen-bond acceptors (Lipinski definition) is 3. The topological polar surface area (TPSA) is 44.3 Å². The van der Waals surface area contributed by atoms with E-state index in [1.165, 1.54) is 0 Å². The molecule has 120 valence electrons. The van der Waals surface area contributed by atoms with Gasteiger partial charge in [-0.1, -0.05) is 6.07 Å². The number of hydrogen-bond donors (Lipinski definition) is 1. The lowest BCUT2D eigenvalue weighted by Crippen LogP contribution is -2.40. The Labute approximate surface area is 128 Å². The van der Waals surface area contributed by atoms with Crippen LogP contribution in [0.2, 0.25) is 0 Å². The van der Waals surface area contributed by atoms with Crippen LogP contribution in [0.15, 0.2) is 18.2 Å². The average molecular weight is 319 g/mol. The van der Waals surface area contributed by atoms with E-state index in [1.807, 2.05) is 40.7 Å². The average Bonchev–Trinajstić information content (AvgIpc) is 2.34. The van der Waals surface area contributed by atoms with Gasteiger partial charge in [0.25, 0.3) is 6.43 Å². The minimum absolute atomic E-state index is 0.168. The quantitative estimate of drug-likeness (QED) is 0.812. The molecule has 1 aromatic carbocycles. The summed E-state index contributed by atoms with van der Waals surface area (Å²) in [4.78, 5) is 0. The molecule has 0 unspecified atom stereocenters. The van der Waals surface area contributed by atoms with Crippen molar-refractivity contribution in [2.45, 2.75) is 51.8 Å². The first-order valence-electron chi connectivity index (χ1n) is 6.80. The molecule has 0 aliphatic carbocycles. The van der Waals surface area contributed by atoms with E-state index in [2.05, 4.69) is 4.72 Å². The number of nitrogens with one attached hydrogen (secondary N) is 1. The molecule has 0 radical (unpaired) electrons. The van der Waals surface area contributed by atoms with Gasteiger partial charge >= 0.3 is 0 Å². The predicted octanol–water partition coefficient (Wildman–Crippen LogP) is 3.75. The van der Waals surface area contributed by atoms with Crippen LogP contribution in [0.4, 0.5) is 8.78 Å². The van der Waals surface area contributed by atoms with Gasteiger partial charge < -0.3 is 9.29 Å². The van der Waals surface area contributed by atoms with Crippen molar-refractivity contribution in [3.63, 3.8) is 0 Å². The Morgan fingerprint density at radius 1 is 1.29 bits per heavy atom. The molecule has 0 aliphatic rings. The molecule has 0 aliphatic heterocycles. The van der Waals surface area contributed by atoms with E-state index >= 15 is 0 Å². The van der Waals surface area contributed by atoms with Crippen molar-refractivity contribution in [1.29, 1.82) is 0 Å². The van der Waals surface area contributed by atoms with Gasteiger partial charge in [0.15, 0.2) is 0 Å². The molecule has 3 nitrogen and oxygen atoms in total. The first-order valence-corrected chi connectivity index (χ1v) is 7.95. The minimum atomic E-state index is -2.50. The Hall–Kier alpha value is -0.850. The highest BCUT2D eigenvalue weighted by atomic mass is 32.2. The van der Waals surface area contributed by atoms with E-state index in [1.54, 1.807) is 12.1 Å². The predicted molar refractivity (Wildman–Crippen MR) is 82.1 cm³/mol. The monoisotopic (exact) mass is 319 g/mol. The number of rotatable bonds is 6. The zero-order valence-electron chi connectivity index (χ0n) is 13.1. The van der Waals surface area contributed by atoms with Gasteiger partial charge in [-0.2, -0.15) is 0 Å². The number of aryl methyl sites for hydroxylation is 1. The van der Waals surface area contributed by atoms with Crippen molar-refractivity contribution >= 4 is 11.4 Å². The van der Waals surface area contributed by atoms with Crippen LogP contribution in [0, 0.1) is 6.92 Å². The van der Waals surface area contributed by atoms with Crippen LogP contribution >= 0.6 is 0 Å². The molecule has 0 saturated heterocycles. The van der Waals surface area contributed by atoms with Gasteiger partial charge in [0.2, 0.25) is 0 Å². The summed E-state index contributed by atoms with van der Waals surface area (Å²) in [5.74, 6) is 0.403. The highest BCUT2D eigenvalue weighted by Gasteiger charge is 2.28. The SMILES string of the molecule is Cc1cc(OCC(F)F)cc([C@@H](C)N[S@+]([O-])C(C)(C)C)c1. The Morgan fingerprint density at radius 3 is 2.43 bits per heavy atom. The van der Waals surface area contributed by atoms with Crippen LogP contribution in [-0.4, -0.2) is 22.3 Å². The van der Waals surface area contributed by atoms with Crippen molar-refractivity contribution in [2.24, 2.45) is 0 Å². The fourth-order valence-electron chi connectivity index (χ4n) is 1.67. The van der Waals surface area contributed by atoms with Crippen LogP contribution < -0.4 is 9.46 Å². The molecule has 6 heteroatoms. The number of alkyl halides is 2. The van der Waals surface area contributed by atoms with E-state index in [0.29, 0.717) is 5.75 Å². The van der Waals surface area contributed by atoms with Gasteiger partial charge in [0.05, 0.1) is 6.04 Å². The molecule has 0 spiro atoms. The maximum Gasteiger partial charge on any atom is 0.272 e. The Balaban J connectivity index is 2.82. The van der Waals surface area contributed by atoms with Crippen LogP contribution in [0.1, 0.15) is 44.9 Å². The summed E-state index contributed by atoms with van der Waals surface area (Å²) >= 11 is -1.20. The molecule has 1 rings (SSSR count). The summed E-state index contributed by atoms with van der Waals surface area (Å²) in [6.07, 6.45) is -2.50. The Bertz CT molecular complexity index is 463. The molecule has 0 aromatic heterocycles. The third-order valence-electron chi connectivity index (χ3n) is 2.79. The summed E-state index contributed by atoms with van der Waals surface area (Å²) in [7, 11) is 0. The van der Waals surface area contributed by atoms with Crippen LogP contribution in [0.3, 0.4) is 0 Å². The second-order valence-electron chi connectivity index (χ2n) is 6.00. The summed E-state index contributed by atoms with van der Waals surface area (Å²) in [5, 5.41) is 0. The standard InChI is InChI=1S/C15H23F2NO2S/c1-10-6-12(8-13(7-10)20-9-14(16)17)11(2)18-21(19)15(3,4)5/h6-8,11,14,18H,9H2,1-5H3/t11-,21-/m1/s1. The first-order chi connectivity index (χ1) is 9.59. The molecule has 2 atom stereocenters. The zero-order chi connectivity index (χ0) is 16.2. The summed E-state index contributed by atoms with van der Waals surface area (Å²) < 4.78 is 44.2. The molecule has 1 aromatic rings. The lowest BCUT2D eigenvalue weighted by molar-refractivity contribution is 0.0818. The van der Waals surface area contributed by atoms with Crippen molar-refractivity contribution in [3.8, 4) is 5.75 Å². The van der Waals surface area contributed by atoms with Gasteiger partial charge in [0, 0.05) is 11.4 Å². The molecule has 0 heterocycles. The molecule has 0 bridgehead atoms. The lowest BCUT2D eigenvalue weighted by atomic mass is 10.1. The van der Waals surface area contributed by atoms with Gasteiger partial charge in [-0.15, -0.1) is 4.72 Å². The molecule has 0 amide bonds. The van der Waals surface area contributed by atoms with Crippen molar-refractivity contribution in [1.82, 2.24) is 4.72 Å². The fourth-order valence-corrected chi connectivity index (χ4v) is 2.49. The van der Waals surface area contributed by atoms with Gasteiger partial charge in [0.1, 0.15) is 17.1 Å². The van der Waals surface area contributed by atoms with Gasteiger partial charge in [-0.25, -0.2) is 8.78 Å². The van der Waals surface area contributed by atoms with Crippen molar-refractivity contribution in [3.05, 3.63) is 29.3 Å². The lowest BCUT2D eigenvalue weighted by Gasteiger charge is -2.26. The van der Waals surface area contributed by atoms with E-state index in [9.17, 15) is 13.3 Å². The van der Waals surface area contributed by atoms with E-state index in [4.69, 9.17) is 4.74 Å². The third kappa shape index (κ3) is 6.20. The molecule has 0 fully saturated rings. The van der Waals surface area contributed by atoms with E-state index < -0.39 is 24.4 Å². The molecular formula is C15H23F2NO2S. The maximum atomic E-state index is 12.2. The zero-order valence-corrected chi connectivity index (χ0v) is 13.9. The molecule has 1 N–H and O–H groups in total. The van der Waals surface area contributed by atoms with E-state index in [-0.39, 0.29) is 10.8 Å². The number of benzene rings is 1. The third-order valence-corrected chi connectivity index (χ3v) is 4.47. The van der Waals surface area contributed by atoms with Crippen molar-refractivity contribution in [2.75, 3.05) is 6.61 Å². The number of halogens is 2.